The first-order valence-corrected chi connectivity index (χ1v) is 4.45. The second-order valence-electron chi connectivity index (χ2n) is 3.21. The van der Waals surface area contributed by atoms with E-state index < -0.39 is 12.0 Å². The van der Waals surface area contributed by atoms with Crippen LogP contribution < -0.4 is 5.73 Å². The molecule has 78 valence electrons. The van der Waals surface area contributed by atoms with Crippen LogP contribution in [0.3, 0.4) is 0 Å². The summed E-state index contributed by atoms with van der Waals surface area (Å²) in [6, 6.07) is 7.62. The monoisotopic (exact) mass is 195 g/mol. The highest BCUT2D eigenvalue weighted by Crippen LogP contribution is 2.02. The summed E-state index contributed by atoms with van der Waals surface area (Å²) >= 11 is 0. The Labute approximate surface area is 84.6 Å². The molecular formula is C11H17NO2. The fourth-order valence-electron chi connectivity index (χ4n) is 0.663. The van der Waals surface area contributed by atoms with Crippen molar-refractivity contribution < 1.29 is 9.90 Å². The normalized spacial score (nSPS) is 11.1. The molecule has 14 heavy (non-hydrogen) atoms. The third-order valence-corrected chi connectivity index (χ3v) is 1.82. The SMILES string of the molecule is CC(N)C(=O)O.Cc1ccccc1C. The molecule has 0 aliphatic heterocycles. The minimum Gasteiger partial charge on any atom is -0.480 e. The zero-order chi connectivity index (χ0) is 11.1. The summed E-state index contributed by atoms with van der Waals surface area (Å²) in [6.07, 6.45) is 0. The maximum absolute atomic E-state index is 9.57. The summed E-state index contributed by atoms with van der Waals surface area (Å²) in [5.41, 5.74) is 7.57. The molecule has 3 heteroatoms. The number of carbonyl (C=O) groups is 1. The molecule has 3 nitrogen and oxygen atoms in total. The van der Waals surface area contributed by atoms with Gasteiger partial charge >= 0.3 is 5.97 Å². The van der Waals surface area contributed by atoms with E-state index in [2.05, 4.69) is 38.1 Å². The van der Waals surface area contributed by atoms with Crippen molar-refractivity contribution in [2.45, 2.75) is 26.8 Å². The minimum absolute atomic E-state index is 0.731. The molecule has 1 aromatic carbocycles. The Bertz CT molecular complexity index is 274. The van der Waals surface area contributed by atoms with Gasteiger partial charge < -0.3 is 10.8 Å². The average molecular weight is 195 g/mol. The van der Waals surface area contributed by atoms with E-state index in [1.54, 1.807) is 0 Å². The molecule has 1 atom stereocenters. The summed E-state index contributed by atoms with van der Waals surface area (Å²) in [5, 5.41) is 7.87. The molecule has 0 aliphatic rings. The predicted molar refractivity (Wildman–Crippen MR) is 57.2 cm³/mol. The van der Waals surface area contributed by atoms with Crippen molar-refractivity contribution >= 4 is 5.97 Å². The molecule has 0 aromatic heterocycles. The molecule has 0 heterocycles. The number of aryl methyl sites for hydroxylation is 2. The lowest BCUT2D eigenvalue weighted by atomic mass is 10.1. The van der Waals surface area contributed by atoms with E-state index >= 15 is 0 Å². The quantitative estimate of drug-likeness (QED) is 0.717. The van der Waals surface area contributed by atoms with Crippen molar-refractivity contribution in [3.8, 4) is 0 Å². The van der Waals surface area contributed by atoms with Crippen LogP contribution in [0.5, 0.6) is 0 Å². The summed E-state index contributed by atoms with van der Waals surface area (Å²) in [7, 11) is 0. The largest absolute Gasteiger partial charge is 0.480 e. The van der Waals surface area contributed by atoms with Crippen LogP contribution in [0.1, 0.15) is 18.1 Å². The molecule has 1 unspecified atom stereocenters. The van der Waals surface area contributed by atoms with Crippen LogP contribution in [-0.4, -0.2) is 17.1 Å². The smallest absolute Gasteiger partial charge is 0.320 e. The zero-order valence-electron chi connectivity index (χ0n) is 8.82. The van der Waals surface area contributed by atoms with Crippen molar-refractivity contribution in [3.05, 3.63) is 35.4 Å². The Balaban J connectivity index is 0.000000255. The molecule has 0 spiro atoms. The topological polar surface area (TPSA) is 63.3 Å². The Kier molecular flexibility index (Phi) is 5.56. The number of benzene rings is 1. The van der Waals surface area contributed by atoms with Crippen molar-refractivity contribution in [2.75, 3.05) is 0 Å². The van der Waals surface area contributed by atoms with Gasteiger partial charge in [0, 0.05) is 0 Å². The second kappa shape index (κ2) is 6.16. The van der Waals surface area contributed by atoms with Crippen molar-refractivity contribution in [2.24, 2.45) is 5.73 Å². The van der Waals surface area contributed by atoms with Gasteiger partial charge in [0.15, 0.2) is 0 Å². The van der Waals surface area contributed by atoms with E-state index in [0.29, 0.717) is 0 Å². The number of hydrogen-bond acceptors (Lipinski definition) is 2. The highest BCUT2D eigenvalue weighted by Gasteiger charge is 1.99. The molecule has 1 rings (SSSR count). The predicted octanol–water partition coefficient (Wildman–Crippen LogP) is 1.72. The number of hydrogen-bond donors (Lipinski definition) is 2. The van der Waals surface area contributed by atoms with Crippen LogP contribution in [0.2, 0.25) is 0 Å². The number of rotatable bonds is 1. The molecule has 1 aromatic rings. The molecule has 0 bridgehead atoms. The summed E-state index contributed by atoms with van der Waals surface area (Å²) in [6.45, 7) is 5.66. The first-order valence-electron chi connectivity index (χ1n) is 4.45. The number of nitrogens with two attached hydrogens (primary N) is 1. The van der Waals surface area contributed by atoms with E-state index in [1.807, 2.05) is 0 Å². The van der Waals surface area contributed by atoms with Crippen LogP contribution in [0.25, 0.3) is 0 Å². The second-order valence-corrected chi connectivity index (χ2v) is 3.21. The van der Waals surface area contributed by atoms with Gasteiger partial charge in [0.2, 0.25) is 0 Å². The average Bonchev–Trinajstić information content (AvgIpc) is 2.11. The maximum Gasteiger partial charge on any atom is 0.320 e. The van der Waals surface area contributed by atoms with Gasteiger partial charge in [-0.1, -0.05) is 24.3 Å². The third-order valence-electron chi connectivity index (χ3n) is 1.82. The zero-order valence-corrected chi connectivity index (χ0v) is 8.82. The fourth-order valence-corrected chi connectivity index (χ4v) is 0.663. The summed E-state index contributed by atoms with van der Waals surface area (Å²) in [5.74, 6) is -0.963. The Morgan fingerprint density at radius 3 is 1.71 bits per heavy atom. The Morgan fingerprint density at radius 2 is 1.57 bits per heavy atom. The van der Waals surface area contributed by atoms with Gasteiger partial charge in [0.1, 0.15) is 6.04 Å². The van der Waals surface area contributed by atoms with Crippen LogP contribution in [0, 0.1) is 13.8 Å². The molecule has 0 aliphatic carbocycles. The Hall–Kier alpha value is -1.35. The van der Waals surface area contributed by atoms with E-state index in [-0.39, 0.29) is 0 Å². The van der Waals surface area contributed by atoms with Gasteiger partial charge in [-0.25, -0.2) is 0 Å². The first kappa shape index (κ1) is 12.7. The fraction of sp³-hybridized carbons (Fsp3) is 0.364. The number of carboxylic acids is 1. The summed E-state index contributed by atoms with van der Waals surface area (Å²) < 4.78 is 0. The lowest BCUT2D eigenvalue weighted by Gasteiger charge is -1.93. The molecule has 0 saturated heterocycles. The molecule has 0 amide bonds. The maximum atomic E-state index is 9.57. The number of aliphatic carboxylic acids is 1. The Morgan fingerprint density at radius 1 is 1.29 bits per heavy atom. The number of carboxylic acid groups (broad SMARTS) is 1. The van der Waals surface area contributed by atoms with Gasteiger partial charge in [0.25, 0.3) is 0 Å². The lowest BCUT2D eigenvalue weighted by Crippen LogP contribution is -2.25. The molecule has 0 saturated carbocycles. The van der Waals surface area contributed by atoms with Gasteiger partial charge in [-0.3, -0.25) is 4.79 Å². The van der Waals surface area contributed by atoms with Crippen LogP contribution in [0.4, 0.5) is 0 Å². The van der Waals surface area contributed by atoms with E-state index in [1.165, 1.54) is 18.1 Å². The van der Waals surface area contributed by atoms with Crippen LogP contribution in [0.15, 0.2) is 24.3 Å². The van der Waals surface area contributed by atoms with Gasteiger partial charge in [-0.2, -0.15) is 0 Å². The van der Waals surface area contributed by atoms with Crippen molar-refractivity contribution in [3.63, 3.8) is 0 Å². The third kappa shape index (κ3) is 5.32. The van der Waals surface area contributed by atoms with E-state index in [4.69, 9.17) is 10.8 Å². The van der Waals surface area contributed by atoms with Crippen LogP contribution >= 0.6 is 0 Å². The van der Waals surface area contributed by atoms with Crippen LogP contribution in [-0.2, 0) is 4.79 Å². The lowest BCUT2D eigenvalue weighted by molar-refractivity contribution is -0.138. The molecular weight excluding hydrogens is 178 g/mol. The standard InChI is InChI=1S/C8H10.C3H7NO2/c1-7-5-3-4-6-8(7)2;1-2(4)3(5)6/h3-6H,1-2H3;2H,4H2,1H3,(H,5,6). The molecule has 0 radical (unpaired) electrons. The van der Waals surface area contributed by atoms with Gasteiger partial charge in [0.05, 0.1) is 0 Å². The van der Waals surface area contributed by atoms with Crippen molar-refractivity contribution in [1.29, 1.82) is 0 Å². The minimum atomic E-state index is -0.963. The van der Waals surface area contributed by atoms with Gasteiger partial charge in [-0.15, -0.1) is 0 Å². The first-order chi connectivity index (χ1) is 6.45. The molecule has 0 fully saturated rings. The van der Waals surface area contributed by atoms with Gasteiger partial charge in [-0.05, 0) is 31.9 Å². The highest BCUT2D eigenvalue weighted by molar-refractivity contribution is 5.72. The highest BCUT2D eigenvalue weighted by atomic mass is 16.4. The van der Waals surface area contributed by atoms with Crippen molar-refractivity contribution in [1.82, 2.24) is 0 Å². The van der Waals surface area contributed by atoms with E-state index in [0.717, 1.165) is 0 Å². The summed E-state index contributed by atoms with van der Waals surface area (Å²) in [4.78, 5) is 9.57. The molecule has 3 N–H and O–H groups in total. The van der Waals surface area contributed by atoms with E-state index in [9.17, 15) is 4.79 Å².